The minimum absolute atomic E-state index is 0.185. The average Bonchev–Trinajstić information content (AvgIpc) is 3.00. The van der Waals surface area contributed by atoms with Crippen molar-refractivity contribution in [2.24, 2.45) is 0 Å². The Hall–Kier alpha value is -2.19. The molecule has 0 bridgehead atoms. The van der Waals surface area contributed by atoms with E-state index in [1.54, 1.807) is 24.5 Å². The van der Waals surface area contributed by atoms with Crippen LogP contribution in [0.3, 0.4) is 0 Å². The summed E-state index contributed by atoms with van der Waals surface area (Å²) >= 11 is 5.79. The normalized spacial score (nSPS) is 14.3. The lowest BCUT2D eigenvalue weighted by Crippen LogP contribution is -2.20. The van der Waals surface area contributed by atoms with Crippen molar-refractivity contribution >= 4 is 17.4 Å². The molecule has 100 valence electrons. The Kier molecular flexibility index (Phi) is 3.48. The van der Waals surface area contributed by atoms with Gasteiger partial charge in [0.1, 0.15) is 11.9 Å². The molecule has 6 heteroatoms. The highest BCUT2D eigenvalue weighted by Gasteiger charge is 2.18. The molecule has 2 aromatic heterocycles. The Morgan fingerprint density at radius 3 is 2.75 bits per heavy atom. The minimum Gasteiger partial charge on any atom is -0.356 e. The predicted octanol–water partition coefficient (Wildman–Crippen LogP) is 2.66. The first-order valence-electron chi connectivity index (χ1n) is 6.42. The van der Waals surface area contributed by atoms with Gasteiger partial charge in [0.15, 0.2) is 0 Å². The fourth-order valence-corrected chi connectivity index (χ4v) is 2.50. The lowest BCUT2D eigenvalue weighted by atomic mass is 10.1. The molecule has 0 aromatic carbocycles. The largest absolute Gasteiger partial charge is 0.356 e. The maximum atomic E-state index is 9.33. The molecule has 1 aliphatic heterocycles. The van der Waals surface area contributed by atoms with Crippen molar-refractivity contribution in [2.75, 3.05) is 18.0 Å². The quantitative estimate of drug-likeness (QED) is 0.794. The van der Waals surface area contributed by atoms with Gasteiger partial charge in [0.25, 0.3) is 0 Å². The molecule has 0 saturated carbocycles. The van der Waals surface area contributed by atoms with Gasteiger partial charge in [-0.2, -0.15) is 5.26 Å². The summed E-state index contributed by atoms with van der Waals surface area (Å²) in [7, 11) is 0. The van der Waals surface area contributed by atoms with Crippen molar-refractivity contribution in [2.45, 2.75) is 12.8 Å². The molecule has 0 atom stereocenters. The number of pyridine rings is 1. The fourth-order valence-electron chi connectivity index (χ4n) is 2.36. The Bertz CT molecular complexity index is 674. The van der Waals surface area contributed by atoms with E-state index < -0.39 is 0 Å². The number of nitrogens with zero attached hydrogens (tertiary/aromatic N) is 5. The Labute approximate surface area is 121 Å². The Morgan fingerprint density at radius 1 is 1.25 bits per heavy atom. The maximum Gasteiger partial charge on any atom is 0.222 e. The highest BCUT2D eigenvalue weighted by Crippen LogP contribution is 2.26. The van der Waals surface area contributed by atoms with Gasteiger partial charge in [-0.25, -0.2) is 15.0 Å². The average molecular weight is 286 g/mol. The van der Waals surface area contributed by atoms with E-state index in [4.69, 9.17) is 11.6 Å². The van der Waals surface area contributed by atoms with Crippen molar-refractivity contribution in [1.82, 2.24) is 15.0 Å². The van der Waals surface area contributed by atoms with Crippen LogP contribution in [0.4, 0.5) is 5.82 Å². The SMILES string of the molecule is N#Cc1cc(-c2ccnc(Cl)n2)cnc1N1CCCC1. The molecule has 0 N–H and O–H groups in total. The van der Waals surface area contributed by atoms with E-state index in [2.05, 4.69) is 25.9 Å². The third kappa shape index (κ3) is 2.43. The third-order valence-corrected chi connectivity index (χ3v) is 3.50. The van der Waals surface area contributed by atoms with Crippen molar-refractivity contribution in [1.29, 1.82) is 5.26 Å². The minimum atomic E-state index is 0.185. The molecule has 0 amide bonds. The molecule has 0 spiro atoms. The lowest BCUT2D eigenvalue weighted by molar-refractivity contribution is 0.934. The van der Waals surface area contributed by atoms with E-state index >= 15 is 0 Å². The topological polar surface area (TPSA) is 65.7 Å². The number of hydrogen-bond donors (Lipinski definition) is 0. The monoisotopic (exact) mass is 285 g/mol. The lowest BCUT2D eigenvalue weighted by Gasteiger charge is -2.17. The van der Waals surface area contributed by atoms with E-state index in [1.165, 1.54) is 0 Å². The second-order valence-corrected chi connectivity index (χ2v) is 4.95. The number of rotatable bonds is 2. The molecule has 1 aliphatic rings. The van der Waals surface area contributed by atoms with Crippen LogP contribution in [0.1, 0.15) is 18.4 Å². The second-order valence-electron chi connectivity index (χ2n) is 4.61. The van der Waals surface area contributed by atoms with Crippen LogP contribution in [0.15, 0.2) is 24.5 Å². The molecule has 0 unspecified atom stereocenters. The van der Waals surface area contributed by atoms with Gasteiger partial charge in [0, 0.05) is 31.0 Å². The molecule has 2 aromatic rings. The molecule has 0 aliphatic carbocycles. The number of nitriles is 1. The zero-order chi connectivity index (χ0) is 13.9. The number of hydrogen-bond acceptors (Lipinski definition) is 5. The van der Waals surface area contributed by atoms with Crippen molar-refractivity contribution in [3.63, 3.8) is 0 Å². The van der Waals surface area contributed by atoms with Crippen LogP contribution in [-0.4, -0.2) is 28.0 Å². The van der Waals surface area contributed by atoms with E-state index in [0.29, 0.717) is 11.3 Å². The van der Waals surface area contributed by atoms with Crippen LogP contribution in [0.25, 0.3) is 11.3 Å². The van der Waals surface area contributed by atoms with Crippen molar-refractivity contribution < 1.29 is 0 Å². The first-order valence-corrected chi connectivity index (χ1v) is 6.80. The van der Waals surface area contributed by atoms with Gasteiger partial charge in [-0.15, -0.1) is 0 Å². The van der Waals surface area contributed by atoms with Crippen LogP contribution in [0.5, 0.6) is 0 Å². The summed E-state index contributed by atoms with van der Waals surface area (Å²) in [5.74, 6) is 0.758. The van der Waals surface area contributed by atoms with E-state index in [1.807, 2.05) is 0 Å². The molecule has 3 rings (SSSR count). The van der Waals surface area contributed by atoms with E-state index in [-0.39, 0.29) is 5.28 Å². The van der Waals surface area contributed by atoms with Gasteiger partial charge in [0.05, 0.1) is 11.3 Å². The van der Waals surface area contributed by atoms with Gasteiger partial charge in [-0.1, -0.05) is 0 Å². The second kappa shape index (κ2) is 5.43. The standard InChI is InChI=1S/C14H12ClN5/c15-14-17-4-3-12(19-14)11-7-10(8-16)13(18-9-11)20-5-1-2-6-20/h3-4,7,9H,1-2,5-6H2. The summed E-state index contributed by atoms with van der Waals surface area (Å²) in [6.45, 7) is 1.92. The van der Waals surface area contributed by atoms with Crippen LogP contribution in [0, 0.1) is 11.3 Å². The zero-order valence-corrected chi connectivity index (χ0v) is 11.5. The first kappa shape index (κ1) is 12.8. The van der Waals surface area contributed by atoms with Gasteiger partial charge in [0.2, 0.25) is 5.28 Å². The smallest absolute Gasteiger partial charge is 0.222 e. The van der Waals surface area contributed by atoms with Crippen LogP contribution in [-0.2, 0) is 0 Å². The van der Waals surface area contributed by atoms with Crippen LogP contribution in [0.2, 0.25) is 5.28 Å². The van der Waals surface area contributed by atoms with E-state index in [9.17, 15) is 5.26 Å². The highest BCUT2D eigenvalue weighted by molar-refractivity contribution is 6.28. The molecule has 20 heavy (non-hydrogen) atoms. The fraction of sp³-hybridized carbons (Fsp3) is 0.286. The van der Waals surface area contributed by atoms with Gasteiger partial charge in [-0.05, 0) is 36.6 Å². The predicted molar refractivity (Wildman–Crippen MR) is 76.4 cm³/mol. The Balaban J connectivity index is 2.01. The molecule has 1 saturated heterocycles. The molecular weight excluding hydrogens is 274 g/mol. The molecule has 3 heterocycles. The summed E-state index contributed by atoms with van der Waals surface area (Å²) < 4.78 is 0. The number of aromatic nitrogens is 3. The summed E-state index contributed by atoms with van der Waals surface area (Å²) in [5, 5.41) is 9.51. The maximum absolute atomic E-state index is 9.33. The first-order chi connectivity index (χ1) is 9.78. The molecule has 1 fully saturated rings. The van der Waals surface area contributed by atoms with Crippen LogP contribution >= 0.6 is 11.6 Å². The summed E-state index contributed by atoms with van der Waals surface area (Å²) in [5.41, 5.74) is 2.01. The summed E-state index contributed by atoms with van der Waals surface area (Å²) in [4.78, 5) is 14.6. The van der Waals surface area contributed by atoms with Gasteiger partial charge >= 0.3 is 0 Å². The van der Waals surface area contributed by atoms with Gasteiger partial charge in [-0.3, -0.25) is 0 Å². The van der Waals surface area contributed by atoms with Crippen molar-refractivity contribution in [3.05, 3.63) is 35.4 Å². The summed E-state index contributed by atoms with van der Waals surface area (Å²) in [6, 6.07) is 5.77. The van der Waals surface area contributed by atoms with Crippen molar-refractivity contribution in [3.8, 4) is 17.3 Å². The molecule has 0 radical (unpaired) electrons. The summed E-state index contributed by atoms with van der Waals surface area (Å²) in [6.07, 6.45) is 5.61. The highest BCUT2D eigenvalue weighted by atomic mass is 35.5. The van der Waals surface area contributed by atoms with E-state index in [0.717, 1.165) is 37.3 Å². The third-order valence-electron chi connectivity index (χ3n) is 3.31. The number of halogens is 1. The van der Waals surface area contributed by atoms with Crippen LogP contribution < -0.4 is 4.90 Å². The number of anilines is 1. The van der Waals surface area contributed by atoms with Gasteiger partial charge < -0.3 is 4.90 Å². The Morgan fingerprint density at radius 2 is 2.05 bits per heavy atom. The zero-order valence-electron chi connectivity index (χ0n) is 10.8. The molecular formula is C14H12ClN5. The molecule has 5 nitrogen and oxygen atoms in total.